The lowest BCUT2D eigenvalue weighted by Crippen LogP contribution is -2.46. The molecule has 0 aliphatic rings. The van der Waals surface area contributed by atoms with E-state index in [0.29, 0.717) is 0 Å². The van der Waals surface area contributed by atoms with Gasteiger partial charge < -0.3 is 9.97 Å². The molecular weight excluding hydrogens is 240 g/mol. The van der Waals surface area contributed by atoms with Gasteiger partial charge in [0.25, 0.3) is 11.1 Å². The largest absolute Gasteiger partial charge is 0.316 e. The zero-order valence-electron chi connectivity index (χ0n) is 10.5. The molecule has 0 atom stereocenters. The number of nitrogens with one attached hydrogen (secondary N) is 2. The molecule has 96 valence electrons. The molecule has 0 unspecified atom stereocenters. The fourth-order valence-electron chi connectivity index (χ4n) is 1.63. The highest BCUT2D eigenvalue weighted by molar-refractivity contribution is 5.56. The predicted octanol–water partition coefficient (Wildman–Crippen LogP) is 0.357. The summed E-state index contributed by atoms with van der Waals surface area (Å²) < 4.78 is 0. The van der Waals surface area contributed by atoms with Crippen LogP contribution in [0.5, 0.6) is 0 Å². The van der Waals surface area contributed by atoms with Crippen molar-refractivity contribution in [3.8, 4) is 0 Å². The summed E-state index contributed by atoms with van der Waals surface area (Å²) in [5.74, 6) is 0. The monoisotopic (exact) mass is 254 g/mol. The summed E-state index contributed by atoms with van der Waals surface area (Å²) in [4.78, 5) is 28.3. The number of hydrogen-bond acceptors (Lipinski definition) is 2. The van der Waals surface area contributed by atoms with Gasteiger partial charge in [-0.25, -0.2) is 0 Å². The molecule has 2 aromatic rings. The lowest BCUT2D eigenvalue weighted by Gasteiger charge is -1.89. The molecule has 2 N–H and O–H groups in total. The van der Waals surface area contributed by atoms with E-state index >= 15 is 0 Å². The van der Waals surface area contributed by atoms with Gasteiger partial charge in [-0.3, -0.25) is 9.59 Å². The second-order valence-electron chi connectivity index (χ2n) is 3.96. The van der Waals surface area contributed by atoms with Crippen molar-refractivity contribution in [2.45, 2.75) is 6.92 Å². The molecule has 4 heteroatoms. The Balaban J connectivity index is 2.41. The van der Waals surface area contributed by atoms with Gasteiger partial charge in [-0.2, -0.15) is 0 Å². The van der Waals surface area contributed by atoms with Crippen molar-refractivity contribution >= 4 is 18.2 Å². The van der Waals surface area contributed by atoms with Crippen LogP contribution in [0, 0.1) is 0 Å². The molecule has 0 bridgehead atoms. The van der Waals surface area contributed by atoms with Crippen LogP contribution < -0.4 is 21.8 Å². The number of H-pyrrole nitrogens is 2. The number of aromatic amines is 2. The maximum Gasteiger partial charge on any atom is 0.272 e. The molecule has 1 aromatic carbocycles. The Morgan fingerprint density at radius 1 is 0.947 bits per heavy atom. The number of rotatable bonds is 2. The highest BCUT2D eigenvalue weighted by Gasteiger charge is 1.92. The molecule has 4 nitrogen and oxygen atoms in total. The van der Waals surface area contributed by atoms with Crippen LogP contribution >= 0.6 is 0 Å². The van der Waals surface area contributed by atoms with Crippen LogP contribution in [-0.4, -0.2) is 9.97 Å². The van der Waals surface area contributed by atoms with Gasteiger partial charge in [0.05, 0.1) is 0 Å². The lowest BCUT2D eigenvalue weighted by atomic mass is 10.2. The summed E-state index contributed by atoms with van der Waals surface area (Å²) in [5.41, 5.74) is 0.405. The summed E-state index contributed by atoms with van der Waals surface area (Å²) in [6.07, 6.45) is 6.72. The molecule has 0 radical (unpaired) electrons. The molecule has 0 aliphatic carbocycles. The first-order chi connectivity index (χ1) is 9.20. The summed E-state index contributed by atoms with van der Waals surface area (Å²) in [6.45, 7) is 1.69. The van der Waals surface area contributed by atoms with Crippen molar-refractivity contribution in [2.24, 2.45) is 0 Å². The van der Waals surface area contributed by atoms with Crippen LogP contribution in [0.3, 0.4) is 0 Å². The Morgan fingerprint density at radius 2 is 1.58 bits per heavy atom. The van der Waals surface area contributed by atoms with Crippen LogP contribution in [0.2, 0.25) is 0 Å². The van der Waals surface area contributed by atoms with Gasteiger partial charge in [0.1, 0.15) is 10.7 Å². The number of aromatic nitrogens is 2. The van der Waals surface area contributed by atoms with Gasteiger partial charge in [0.2, 0.25) is 0 Å². The third-order valence-electron chi connectivity index (χ3n) is 2.63. The highest BCUT2D eigenvalue weighted by atomic mass is 16.1. The minimum Gasteiger partial charge on any atom is -0.316 e. The molecular formula is C15H14N2O2. The Kier molecular flexibility index (Phi) is 3.93. The Bertz CT molecular complexity index is 812. The minimum absolute atomic E-state index is 0.239. The van der Waals surface area contributed by atoms with Gasteiger partial charge in [-0.05, 0) is 18.6 Å². The maximum absolute atomic E-state index is 11.7. The molecule has 0 aliphatic heterocycles. The first-order valence-electron chi connectivity index (χ1n) is 5.93. The smallest absolute Gasteiger partial charge is 0.272 e. The quantitative estimate of drug-likeness (QED) is 0.812. The number of benzene rings is 1. The van der Waals surface area contributed by atoms with Gasteiger partial charge in [-0.1, -0.05) is 48.6 Å². The molecule has 19 heavy (non-hydrogen) atoms. The van der Waals surface area contributed by atoms with Crippen molar-refractivity contribution in [3.05, 3.63) is 73.4 Å². The van der Waals surface area contributed by atoms with Crippen LogP contribution in [0.25, 0.3) is 18.2 Å². The van der Waals surface area contributed by atoms with Gasteiger partial charge in [0.15, 0.2) is 0 Å². The van der Waals surface area contributed by atoms with E-state index in [0.717, 1.165) is 5.56 Å². The van der Waals surface area contributed by atoms with Crippen molar-refractivity contribution in [1.82, 2.24) is 9.97 Å². The van der Waals surface area contributed by atoms with Gasteiger partial charge in [0, 0.05) is 0 Å². The van der Waals surface area contributed by atoms with E-state index in [4.69, 9.17) is 0 Å². The summed E-state index contributed by atoms with van der Waals surface area (Å²) in [7, 11) is 0. The van der Waals surface area contributed by atoms with Crippen molar-refractivity contribution in [2.75, 3.05) is 0 Å². The standard InChI is InChI=1S/C15H14N2O2/c1-2-12-14(18)17-13(15(19)16-12)10-6-9-11-7-4-3-5-8-11/h2-10H,1H3,(H,16,19)(H,17,18)/b9-6+,12-2+,13-10-. The third-order valence-corrected chi connectivity index (χ3v) is 2.63. The van der Waals surface area contributed by atoms with E-state index in [2.05, 4.69) is 9.97 Å². The Morgan fingerprint density at radius 3 is 2.26 bits per heavy atom. The average Bonchev–Trinajstić information content (AvgIpc) is 2.43. The molecule has 0 amide bonds. The maximum atomic E-state index is 11.7. The molecule has 0 fully saturated rings. The topological polar surface area (TPSA) is 65.7 Å². The third kappa shape index (κ3) is 3.19. The van der Waals surface area contributed by atoms with Crippen molar-refractivity contribution < 1.29 is 0 Å². The van der Waals surface area contributed by atoms with Crippen molar-refractivity contribution in [3.63, 3.8) is 0 Å². The van der Waals surface area contributed by atoms with Crippen molar-refractivity contribution in [1.29, 1.82) is 0 Å². The van der Waals surface area contributed by atoms with Crippen LogP contribution in [0.4, 0.5) is 0 Å². The predicted molar refractivity (Wildman–Crippen MR) is 77.0 cm³/mol. The summed E-state index contributed by atoms with van der Waals surface area (Å²) in [5, 5.41) is 0.511. The van der Waals surface area contributed by atoms with E-state index in [1.54, 1.807) is 25.2 Å². The zero-order valence-corrected chi connectivity index (χ0v) is 10.5. The molecule has 0 saturated carbocycles. The zero-order chi connectivity index (χ0) is 13.7. The van der Waals surface area contributed by atoms with E-state index in [-0.39, 0.29) is 21.8 Å². The molecule has 0 saturated heterocycles. The van der Waals surface area contributed by atoms with E-state index < -0.39 is 0 Å². The van der Waals surface area contributed by atoms with Crippen LogP contribution in [0.15, 0.2) is 46.0 Å². The normalized spacial score (nSPS) is 13.3. The van der Waals surface area contributed by atoms with E-state index in [1.165, 1.54) is 0 Å². The molecule has 1 aromatic heterocycles. The first kappa shape index (κ1) is 12.8. The fraction of sp³-hybridized carbons (Fsp3) is 0.0667. The SMILES string of the molecule is C/C=c1/[nH]c(=O)/c(=C/C=C/c2ccccc2)[nH]c1=O. The molecule has 0 spiro atoms. The Labute approximate surface area is 109 Å². The second-order valence-corrected chi connectivity index (χ2v) is 3.96. The summed E-state index contributed by atoms with van der Waals surface area (Å²) >= 11 is 0. The minimum atomic E-state index is -0.314. The van der Waals surface area contributed by atoms with Crippen LogP contribution in [-0.2, 0) is 0 Å². The van der Waals surface area contributed by atoms with Crippen LogP contribution in [0.1, 0.15) is 12.5 Å². The van der Waals surface area contributed by atoms with Gasteiger partial charge >= 0.3 is 0 Å². The molecule has 1 heterocycles. The van der Waals surface area contributed by atoms with E-state index in [1.807, 2.05) is 36.4 Å². The lowest BCUT2D eigenvalue weighted by molar-refractivity contribution is 1.00. The first-order valence-corrected chi connectivity index (χ1v) is 5.93. The van der Waals surface area contributed by atoms with Gasteiger partial charge in [-0.15, -0.1) is 0 Å². The number of hydrogen-bond donors (Lipinski definition) is 2. The fourth-order valence-corrected chi connectivity index (χ4v) is 1.63. The average molecular weight is 254 g/mol. The summed E-state index contributed by atoms with van der Waals surface area (Å²) in [6, 6.07) is 9.70. The van der Waals surface area contributed by atoms with E-state index in [9.17, 15) is 9.59 Å². The highest BCUT2D eigenvalue weighted by Crippen LogP contribution is 2.00. The second kappa shape index (κ2) is 5.82. The molecule has 2 rings (SSSR count). The number of allylic oxidation sites excluding steroid dienone is 1. The Hall–Kier alpha value is -2.62.